The lowest BCUT2D eigenvalue weighted by atomic mass is 10.00. The predicted molar refractivity (Wildman–Crippen MR) is 155 cm³/mol. The molecule has 0 saturated carbocycles. The molecule has 0 bridgehead atoms. The van der Waals surface area contributed by atoms with Crippen LogP contribution in [-0.2, 0) is 4.79 Å². The molecule has 2 aliphatic rings. The highest BCUT2D eigenvalue weighted by Gasteiger charge is 2.32. The first kappa shape index (κ1) is 25.7. The Hall–Kier alpha value is -2.97. The number of aliphatic imine (C=N–C) groups is 1. The van der Waals surface area contributed by atoms with Crippen LogP contribution in [0.5, 0.6) is 0 Å². The number of benzodiazepines with no additional fused rings is 1. The van der Waals surface area contributed by atoms with Gasteiger partial charge in [-0.05, 0) is 54.9 Å². The summed E-state index contributed by atoms with van der Waals surface area (Å²) in [5, 5.41) is 8.02. The number of hydrogen-bond acceptors (Lipinski definition) is 4. The van der Waals surface area contributed by atoms with Gasteiger partial charge in [0.25, 0.3) is 5.91 Å². The molecule has 37 heavy (non-hydrogen) atoms. The highest BCUT2D eigenvalue weighted by molar-refractivity contribution is 7.80. The largest absolute Gasteiger partial charge is 0.343 e. The first-order chi connectivity index (χ1) is 17.9. The fraction of sp³-hybridized carbons (Fsp3) is 0.250. The van der Waals surface area contributed by atoms with E-state index in [2.05, 4.69) is 27.7 Å². The van der Waals surface area contributed by atoms with Crippen molar-refractivity contribution in [1.29, 1.82) is 0 Å². The van der Waals surface area contributed by atoms with Crippen molar-refractivity contribution in [2.24, 2.45) is 4.99 Å². The zero-order valence-corrected chi connectivity index (χ0v) is 22.7. The minimum atomic E-state index is -0.961. The zero-order chi connectivity index (χ0) is 25.9. The summed E-state index contributed by atoms with van der Waals surface area (Å²) in [6.07, 6.45) is 1.22. The smallest absolute Gasteiger partial charge is 0.272 e. The fourth-order valence-corrected chi connectivity index (χ4v) is 5.44. The molecule has 3 aromatic carbocycles. The minimum Gasteiger partial charge on any atom is -0.343 e. The van der Waals surface area contributed by atoms with Crippen LogP contribution in [0, 0.1) is 0 Å². The second-order valence-electron chi connectivity index (χ2n) is 9.09. The quantitative estimate of drug-likeness (QED) is 0.416. The number of carbonyl (C=O) groups excluding carboxylic acids is 1. The lowest BCUT2D eigenvalue weighted by Crippen LogP contribution is -2.51. The van der Waals surface area contributed by atoms with Crippen molar-refractivity contribution in [2.75, 3.05) is 25.0 Å². The lowest BCUT2D eigenvalue weighted by molar-refractivity contribution is -0.119. The van der Waals surface area contributed by atoms with Crippen LogP contribution in [0.3, 0.4) is 0 Å². The van der Waals surface area contributed by atoms with E-state index in [0.717, 1.165) is 37.1 Å². The van der Waals surface area contributed by atoms with Gasteiger partial charge >= 0.3 is 0 Å². The average molecular weight is 553 g/mol. The van der Waals surface area contributed by atoms with Gasteiger partial charge in [0.1, 0.15) is 6.17 Å². The second kappa shape index (κ2) is 11.2. The Labute approximate surface area is 232 Å². The Kier molecular flexibility index (Phi) is 7.76. The molecule has 6 nitrogen and oxygen atoms in total. The summed E-state index contributed by atoms with van der Waals surface area (Å²) in [6, 6.07) is 23.0. The van der Waals surface area contributed by atoms with E-state index >= 15 is 0 Å². The van der Waals surface area contributed by atoms with Crippen molar-refractivity contribution in [1.82, 2.24) is 15.5 Å². The molecule has 190 valence electrons. The highest BCUT2D eigenvalue weighted by atomic mass is 35.5. The van der Waals surface area contributed by atoms with E-state index in [0.29, 0.717) is 32.1 Å². The van der Waals surface area contributed by atoms with Gasteiger partial charge in [-0.25, -0.2) is 4.99 Å². The van der Waals surface area contributed by atoms with Crippen LogP contribution in [0.1, 0.15) is 35.7 Å². The molecule has 1 fully saturated rings. The van der Waals surface area contributed by atoms with Crippen LogP contribution in [0.25, 0.3) is 0 Å². The third kappa shape index (κ3) is 5.50. The number of thiocarbonyl (C=S) groups is 1. The summed E-state index contributed by atoms with van der Waals surface area (Å²) in [5.74, 6) is -0.243. The van der Waals surface area contributed by atoms with Gasteiger partial charge in [0.15, 0.2) is 5.11 Å². The monoisotopic (exact) mass is 551 g/mol. The van der Waals surface area contributed by atoms with Crippen molar-refractivity contribution in [3.8, 4) is 0 Å². The summed E-state index contributed by atoms with van der Waals surface area (Å²) in [5.41, 5.74) is 3.80. The van der Waals surface area contributed by atoms with Crippen LogP contribution >= 0.6 is 35.4 Å². The maximum atomic E-state index is 13.6. The number of amides is 1. The molecule has 2 N–H and O–H groups in total. The van der Waals surface area contributed by atoms with Crippen LogP contribution in [0.4, 0.5) is 5.69 Å². The number of nitrogens with zero attached hydrogens (tertiary/aromatic N) is 3. The fourth-order valence-electron chi connectivity index (χ4n) is 4.82. The number of halogens is 2. The number of benzene rings is 3. The average Bonchev–Trinajstić information content (AvgIpc) is 3.42. The summed E-state index contributed by atoms with van der Waals surface area (Å²) in [6.45, 7) is 1.95. The Morgan fingerprint density at radius 1 is 1.00 bits per heavy atom. The Bertz CT molecular complexity index is 1340. The Balaban J connectivity index is 1.49. The second-order valence-corrected chi connectivity index (χ2v) is 10.3. The van der Waals surface area contributed by atoms with E-state index < -0.39 is 6.17 Å². The number of rotatable bonds is 5. The molecular formula is C28H27Cl2N5OS. The standard InChI is InChI=1S/C28H27Cl2N5OS/c1-34-23-14-13-19(29)17-21(23)24(20-11-5-6-12-22(20)30)31-25(27(34)36)32-28(37)33-26(35-15-7-8-16-35)18-9-3-2-4-10-18/h2-6,9-14,17,25-26H,7-8,15-16H2,1H3,(H2,32,33,37). The van der Waals surface area contributed by atoms with E-state index in [1.165, 1.54) is 0 Å². The van der Waals surface area contributed by atoms with Crippen LogP contribution < -0.4 is 15.5 Å². The number of anilines is 1. The maximum absolute atomic E-state index is 13.6. The molecule has 0 aromatic heterocycles. The molecule has 2 aliphatic heterocycles. The molecule has 1 saturated heterocycles. The molecule has 0 spiro atoms. The van der Waals surface area contributed by atoms with Gasteiger partial charge in [-0.3, -0.25) is 9.69 Å². The summed E-state index contributed by atoms with van der Waals surface area (Å²) < 4.78 is 0. The van der Waals surface area contributed by atoms with E-state index in [1.54, 1.807) is 30.1 Å². The molecule has 1 amide bonds. The first-order valence-electron chi connectivity index (χ1n) is 12.2. The molecule has 5 rings (SSSR count). The predicted octanol–water partition coefficient (Wildman–Crippen LogP) is 5.39. The number of nitrogens with one attached hydrogen (secondary N) is 2. The molecule has 0 aliphatic carbocycles. The molecule has 0 radical (unpaired) electrons. The molecule has 3 aromatic rings. The van der Waals surface area contributed by atoms with Gasteiger partial charge < -0.3 is 15.5 Å². The van der Waals surface area contributed by atoms with Crippen molar-refractivity contribution in [2.45, 2.75) is 25.2 Å². The lowest BCUT2D eigenvalue weighted by Gasteiger charge is -2.31. The number of carbonyl (C=O) groups is 1. The van der Waals surface area contributed by atoms with Gasteiger partial charge in [0, 0.05) is 41.3 Å². The topological polar surface area (TPSA) is 60.0 Å². The number of fused-ring (bicyclic) bond motifs is 1. The maximum Gasteiger partial charge on any atom is 0.272 e. The SMILES string of the molecule is CN1C(=O)C(NC(=S)NC(c2ccccc2)N2CCCC2)N=C(c2ccccc2Cl)c2cc(Cl)ccc21. The van der Waals surface area contributed by atoms with Crippen LogP contribution in [0.2, 0.25) is 10.0 Å². The van der Waals surface area contributed by atoms with Crippen molar-refractivity contribution in [3.63, 3.8) is 0 Å². The van der Waals surface area contributed by atoms with Gasteiger partial charge in [-0.2, -0.15) is 0 Å². The van der Waals surface area contributed by atoms with Gasteiger partial charge in [0.2, 0.25) is 6.17 Å². The number of hydrogen-bond donors (Lipinski definition) is 2. The summed E-state index contributed by atoms with van der Waals surface area (Å²) >= 11 is 18.7. The van der Waals surface area contributed by atoms with Crippen molar-refractivity contribution < 1.29 is 4.79 Å². The molecule has 2 atom stereocenters. The Morgan fingerprint density at radius 3 is 2.43 bits per heavy atom. The van der Waals surface area contributed by atoms with Gasteiger partial charge in [-0.15, -0.1) is 0 Å². The van der Waals surface area contributed by atoms with E-state index in [4.69, 9.17) is 40.4 Å². The van der Waals surface area contributed by atoms with Gasteiger partial charge in [0.05, 0.1) is 11.4 Å². The number of likely N-dealkylation sites (tertiary alicyclic amines) is 1. The van der Waals surface area contributed by atoms with Crippen LogP contribution in [0.15, 0.2) is 77.8 Å². The minimum absolute atomic E-state index is 0.106. The number of likely N-dealkylation sites (N-methyl/N-ethyl adjacent to an activating group) is 1. The summed E-state index contributed by atoms with van der Waals surface area (Å²) in [7, 11) is 1.72. The molecular weight excluding hydrogens is 525 g/mol. The zero-order valence-electron chi connectivity index (χ0n) is 20.3. The van der Waals surface area contributed by atoms with Gasteiger partial charge in [-0.1, -0.05) is 71.7 Å². The molecule has 2 heterocycles. The Morgan fingerprint density at radius 2 is 1.70 bits per heavy atom. The third-order valence-electron chi connectivity index (χ3n) is 6.68. The van der Waals surface area contributed by atoms with E-state index in [-0.39, 0.29) is 12.1 Å². The normalized spacial score (nSPS) is 18.6. The summed E-state index contributed by atoms with van der Waals surface area (Å²) in [4.78, 5) is 22.4. The van der Waals surface area contributed by atoms with E-state index in [1.807, 2.05) is 42.5 Å². The van der Waals surface area contributed by atoms with Crippen LogP contribution in [-0.4, -0.2) is 47.9 Å². The van der Waals surface area contributed by atoms with E-state index in [9.17, 15) is 4.79 Å². The van der Waals surface area contributed by atoms with Crippen molar-refractivity contribution >= 4 is 57.8 Å². The molecule has 2 unspecified atom stereocenters. The highest BCUT2D eigenvalue weighted by Crippen LogP contribution is 2.32. The third-order valence-corrected chi connectivity index (χ3v) is 7.48. The van der Waals surface area contributed by atoms with Crippen molar-refractivity contribution in [3.05, 3.63) is 99.5 Å². The first-order valence-corrected chi connectivity index (χ1v) is 13.3. The molecule has 9 heteroatoms.